The third kappa shape index (κ3) is 4.00. The largest absolute Gasteiger partial charge is 0.336 e. The predicted molar refractivity (Wildman–Crippen MR) is 118 cm³/mol. The highest BCUT2D eigenvalue weighted by molar-refractivity contribution is 6.30. The molecule has 2 fully saturated rings. The number of amides is 1. The van der Waals surface area contributed by atoms with Gasteiger partial charge in [0.25, 0.3) is 11.5 Å². The monoisotopic (exact) mass is 439 g/mol. The predicted octanol–water partition coefficient (Wildman–Crippen LogP) is 2.03. The van der Waals surface area contributed by atoms with Gasteiger partial charge in [-0.2, -0.15) is 0 Å². The van der Waals surface area contributed by atoms with Gasteiger partial charge in [0, 0.05) is 50.0 Å². The van der Waals surface area contributed by atoms with E-state index >= 15 is 0 Å². The molecule has 3 heterocycles. The average molecular weight is 440 g/mol. The molecule has 1 saturated carbocycles. The van der Waals surface area contributed by atoms with Gasteiger partial charge in [0.15, 0.2) is 0 Å². The van der Waals surface area contributed by atoms with Crippen LogP contribution in [0.4, 0.5) is 0 Å². The van der Waals surface area contributed by atoms with Gasteiger partial charge in [-0.3, -0.25) is 24.0 Å². The van der Waals surface area contributed by atoms with Crippen molar-refractivity contribution in [2.45, 2.75) is 25.4 Å². The zero-order chi connectivity index (χ0) is 21.5. The second-order valence-electron chi connectivity index (χ2n) is 8.15. The van der Waals surface area contributed by atoms with Gasteiger partial charge in [-0.25, -0.2) is 9.78 Å². The maximum atomic E-state index is 13.0. The van der Waals surface area contributed by atoms with Crippen LogP contribution in [0.2, 0.25) is 5.02 Å². The van der Waals surface area contributed by atoms with Crippen molar-refractivity contribution in [2.75, 3.05) is 26.2 Å². The quantitative estimate of drug-likeness (QED) is 0.671. The van der Waals surface area contributed by atoms with Crippen LogP contribution >= 0.6 is 11.6 Å². The molecule has 1 aliphatic carbocycles. The van der Waals surface area contributed by atoms with Crippen LogP contribution in [0.5, 0.6) is 0 Å². The van der Waals surface area contributed by atoms with Crippen molar-refractivity contribution < 1.29 is 4.79 Å². The number of aromatic nitrogens is 3. The second kappa shape index (κ2) is 7.94. The average Bonchev–Trinajstić information content (AvgIpc) is 3.59. The number of hydrogen-bond acceptors (Lipinski definition) is 5. The van der Waals surface area contributed by atoms with Crippen LogP contribution in [-0.2, 0) is 6.54 Å². The molecule has 8 nitrogen and oxygen atoms in total. The lowest BCUT2D eigenvalue weighted by Gasteiger charge is -2.34. The minimum atomic E-state index is -0.509. The Morgan fingerprint density at radius 2 is 1.90 bits per heavy atom. The number of fused-ring (bicyclic) bond motifs is 1. The fourth-order valence-electron chi connectivity index (χ4n) is 4.11. The molecule has 5 rings (SSSR count). The van der Waals surface area contributed by atoms with E-state index in [-0.39, 0.29) is 17.3 Å². The first-order valence-electron chi connectivity index (χ1n) is 10.4. The lowest BCUT2D eigenvalue weighted by Crippen LogP contribution is -2.48. The van der Waals surface area contributed by atoms with Gasteiger partial charge < -0.3 is 4.90 Å². The smallest absolute Gasteiger partial charge is 0.330 e. The summed E-state index contributed by atoms with van der Waals surface area (Å²) in [5, 5.41) is 0.995. The fourth-order valence-corrected chi connectivity index (χ4v) is 4.32. The summed E-state index contributed by atoms with van der Waals surface area (Å²) in [5.74, 6) is -0.152. The van der Waals surface area contributed by atoms with E-state index in [4.69, 9.17) is 11.6 Å². The standard InChI is InChI=1S/C22H22ClN5O3/c23-16-3-1-2-14(10-16)13-26-6-8-27(9-7-26)21(30)15-11-18-19(24-12-15)28(17-4-5-17)22(31)25-20(18)29/h1-3,10-12,17H,4-9,13H2,(H,25,29,31). The van der Waals surface area contributed by atoms with Crippen molar-refractivity contribution in [1.82, 2.24) is 24.3 Å². The Bertz CT molecular complexity index is 1270. The number of nitrogens with zero attached hydrogens (tertiary/aromatic N) is 4. The maximum absolute atomic E-state index is 13.0. The van der Waals surface area contributed by atoms with Crippen molar-refractivity contribution in [1.29, 1.82) is 0 Å². The first kappa shape index (κ1) is 20.0. The molecule has 1 aliphatic heterocycles. The SMILES string of the molecule is O=C(c1cnc2c(c1)c(=O)[nH]c(=O)n2C1CC1)N1CCN(Cc2cccc(Cl)c2)CC1. The summed E-state index contributed by atoms with van der Waals surface area (Å²) in [5.41, 5.74) is 0.904. The number of H-pyrrole nitrogens is 1. The number of rotatable bonds is 4. The van der Waals surface area contributed by atoms with E-state index in [0.717, 1.165) is 43.1 Å². The highest BCUT2D eigenvalue weighted by Gasteiger charge is 2.28. The molecule has 9 heteroatoms. The highest BCUT2D eigenvalue weighted by atomic mass is 35.5. The Hall–Kier alpha value is -2.97. The number of aromatic amines is 1. The Kier molecular flexibility index (Phi) is 5.11. The van der Waals surface area contributed by atoms with Crippen molar-refractivity contribution in [3.63, 3.8) is 0 Å². The molecule has 1 amide bonds. The number of halogens is 1. The number of benzene rings is 1. The van der Waals surface area contributed by atoms with Crippen molar-refractivity contribution in [3.8, 4) is 0 Å². The van der Waals surface area contributed by atoms with E-state index in [2.05, 4.69) is 14.9 Å². The van der Waals surface area contributed by atoms with Gasteiger partial charge in [0.1, 0.15) is 5.65 Å². The summed E-state index contributed by atoms with van der Waals surface area (Å²) in [6, 6.07) is 9.43. The Morgan fingerprint density at radius 1 is 1.13 bits per heavy atom. The molecule has 2 aliphatic rings. The highest BCUT2D eigenvalue weighted by Crippen LogP contribution is 2.34. The minimum absolute atomic E-state index is 0.0773. The summed E-state index contributed by atoms with van der Waals surface area (Å²) in [7, 11) is 0. The molecule has 0 radical (unpaired) electrons. The Balaban J connectivity index is 1.31. The molecule has 0 spiro atoms. The van der Waals surface area contributed by atoms with Crippen LogP contribution in [0.3, 0.4) is 0 Å². The van der Waals surface area contributed by atoms with Gasteiger partial charge in [-0.15, -0.1) is 0 Å². The molecule has 0 unspecified atom stereocenters. The number of nitrogens with one attached hydrogen (secondary N) is 1. The Labute approximate surface area is 183 Å². The summed E-state index contributed by atoms with van der Waals surface area (Å²) < 4.78 is 1.53. The van der Waals surface area contributed by atoms with Crippen molar-refractivity contribution in [2.24, 2.45) is 0 Å². The van der Waals surface area contributed by atoms with E-state index in [0.29, 0.717) is 24.3 Å². The second-order valence-corrected chi connectivity index (χ2v) is 8.59. The van der Waals surface area contributed by atoms with Crippen LogP contribution < -0.4 is 11.2 Å². The topological polar surface area (TPSA) is 91.3 Å². The third-order valence-electron chi connectivity index (χ3n) is 5.89. The number of carbonyl (C=O) groups is 1. The molecule has 160 valence electrons. The molecule has 3 aromatic rings. The first-order chi connectivity index (χ1) is 15.0. The lowest BCUT2D eigenvalue weighted by atomic mass is 10.1. The molecule has 1 N–H and O–H groups in total. The zero-order valence-corrected chi connectivity index (χ0v) is 17.6. The van der Waals surface area contributed by atoms with E-state index in [1.165, 1.54) is 10.8 Å². The van der Waals surface area contributed by atoms with Crippen LogP contribution in [-0.4, -0.2) is 56.4 Å². The number of hydrogen-bond donors (Lipinski definition) is 1. The summed E-state index contributed by atoms with van der Waals surface area (Å²) >= 11 is 6.07. The normalized spacial score (nSPS) is 17.3. The zero-order valence-electron chi connectivity index (χ0n) is 16.9. The van der Waals surface area contributed by atoms with E-state index in [1.54, 1.807) is 11.0 Å². The van der Waals surface area contributed by atoms with Crippen LogP contribution in [0.1, 0.15) is 34.8 Å². The molecule has 0 bridgehead atoms. The molecule has 1 saturated heterocycles. The Morgan fingerprint density at radius 3 is 2.61 bits per heavy atom. The number of pyridine rings is 1. The van der Waals surface area contributed by atoms with Gasteiger partial charge in [-0.05, 0) is 36.6 Å². The van der Waals surface area contributed by atoms with Crippen molar-refractivity contribution >= 4 is 28.5 Å². The number of carbonyl (C=O) groups excluding carboxylic acids is 1. The van der Waals surface area contributed by atoms with Crippen LogP contribution in [0.15, 0.2) is 46.1 Å². The first-order valence-corrected chi connectivity index (χ1v) is 10.8. The van der Waals surface area contributed by atoms with E-state index in [9.17, 15) is 14.4 Å². The van der Waals surface area contributed by atoms with Gasteiger partial charge in [-0.1, -0.05) is 23.7 Å². The lowest BCUT2D eigenvalue weighted by molar-refractivity contribution is 0.0628. The van der Waals surface area contributed by atoms with Crippen LogP contribution in [0, 0.1) is 0 Å². The van der Waals surface area contributed by atoms with Gasteiger partial charge >= 0.3 is 5.69 Å². The molecule has 2 aromatic heterocycles. The van der Waals surface area contributed by atoms with Gasteiger partial charge in [0.2, 0.25) is 0 Å². The minimum Gasteiger partial charge on any atom is -0.336 e. The summed E-state index contributed by atoms with van der Waals surface area (Å²) in [6.45, 7) is 3.47. The van der Waals surface area contributed by atoms with Gasteiger partial charge in [0.05, 0.1) is 10.9 Å². The van der Waals surface area contributed by atoms with E-state index < -0.39 is 11.2 Å². The number of piperazine rings is 1. The molecule has 0 atom stereocenters. The fraction of sp³-hybridized carbons (Fsp3) is 0.364. The molecule has 31 heavy (non-hydrogen) atoms. The molecular formula is C22H22ClN5O3. The van der Waals surface area contributed by atoms with E-state index in [1.807, 2.05) is 24.3 Å². The third-order valence-corrected chi connectivity index (χ3v) is 6.13. The summed E-state index contributed by atoms with van der Waals surface area (Å²) in [4.78, 5) is 48.3. The van der Waals surface area contributed by atoms with Crippen molar-refractivity contribution in [3.05, 3.63) is 73.5 Å². The molecule has 1 aromatic carbocycles. The molecular weight excluding hydrogens is 418 g/mol. The maximum Gasteiger partial charge on any atom is 0.330 e. The van der Waals surface area contributed by atoms with Crippen LogP contribution in [0.25, 0.3) is 11.0 Å². The summed E-state index contributed by atoms with van der Waals surface area (Å²) in [6.07, 6.45) is 3.26.